The molecule has 0 aliphatic heterocycles. The minimum Gasteiger partial charge on any atom is -0.489 e. The summed E-state index contributed by atoms with van der Waals surface area (Å²) in [6.07, 6.45) is 3.73. The van der Waals surface area contributed by atoms with Crippen molar-refractivity contribution in [2.75, 3.05) is 6.54 Å². The Morgan fingerprint density at radius 2 is 1.62 bits per heavy atom. The van der Waals surface area contributed by atoms with Gasteiger partial charge in [-0.25, -0.2) is 4.39 Å². The monoisotopic (exact) mass is 285 g/mol. The van der Waals surface area contributed by atoms with E-state index in [2.05, 4.69) is 29.6 Å². The second kappa shape index (κ2) is 6.72. The van der Waals surface area contributed by atoms with Gasteiger partial charge in [0, 0.05) is 6.04 Å². The van der Waals surface area contributed by atoms with E-state index in [0.717, 1.165) is 24.6 Å². The first-order valence-electron chi connectivity index (χ1n) is 7.49. The van der Waals surface area contributed by atoms with Crippen LogP contribution in [0, 0.1) is 5.82 Å². The molecule has 1 fully saturated rings. The van der Waals surface area contributed by atoms with Crippen molar-refractivity contribution in [1.29, 1.82) is 0 Å². The molecule has 2 aromatic rings. The van der Waals surface area contributed by atoms with Gasteiger partial charge in [0.2, 0.25) is 0 Å². The molecule has 110 valence electrons. The van der Waals surface area contributed by atoms with Crippen molar-refractivity contribution in [1.82, 2.24) is 5.32 Å². The van der Waals surface area contributed by atoms with Gasteiger partial charge in [0.1, 0.15) is 18.2 Å². The zero-order valence-electron chi connectivity index (χ0n) is 12.0. The zero-order valence-corrected chi connectivity index (χ0v) is 12.0. The number of hydrogen-bond acceptors (Lipinski definition) is 2. The third kappa shape index (κ3) is 4.57. The Labute approximate surface area is 125 Å². The maximum Gasteiger partial charge on any atom is 0.123 e. The summed E-state index contributed by atoms with van der Waals surface area (Å²) in [6.45, 7) is 1.56. The average Bonchev–Trinajstić information content (AvgIpc) is 3.32. The van der Waals surface area contributed by atoms with Crippen LogP contribution in [0.4, 0.5) is 4.39 Å². The minimum atomic E-state index is -0.244. The lowest BCUT2D eigenvalue weighted by Crippen LogP contribution is -2.19. The van der Waals surface area contributed by atoms with Crippen LogP contribution in [0.15, 0.2) is 48.5 Å². The van der Waals surface area contributed by atoms with Gasteiger partial charge in [0.05, 0.1) is 0 Å². The first-order chi connectivity index (χ1) is 10.3. The second-order valence-electron chi connectivity index (χ2n) is 5.54. The normalized spacial score (nSPS) is 14.1. The van der Waals surface area contributed by atoms with Crippen molar-refractivity contribution < 1.29 is 9.13 Å². The number of nitrogens with one attached hydrogen (secondary N) is 1. The van der Waals surface area contributed by atoms with Gasteiger partial charge in [-0.2, -0.15) is 0 Å². The molecule has 3 rings (SSSR count). The maximum absolute atomic E-state index is 12.8. The van der Waals surface area contributed by atoms with Crippen LogP contribution in [0.25, 0.3) is 0 Å². The van der Waals surface area contributed by atoms with Gasteiger partial charge in [0.15, 0.2) is 0 Å². The van der Waals surface area contributed by atoms with Crippen molar-refractivity contribution in [3.8, 4) is 5.75 Å². The average molecular weight is 285 g/mol. The Morgan fingerprint density at radius 1 is 0.952 bits per heavy atom. The van der Waals surface area contributed by atoms with Crippen molar-refractivity contribution in [2.24, 2.45) is 0 Å². The summed E-state index contributed by atoms with van der Waals surface area (Å²) in [5, 5.41) is 3.52. The molecule has 0 spiro atoms. The number of benzene rings is 2. The fourth-order valence-corrected chi connectivity index (χ4v) is 2.21. The minimum absolute atomic E-state index is 0.244. The predicted molar refractivity (Wildman–Crippen MR) is 81.9 cm³/mol. The van der Waals surface area contributed by atoms with E-state index in [-0.39, 0.29) is 5.82 Å². The Morgan fingerprint density at radius 3 is 2.29 bits per heavy atom. The molecule has 1 N–H and O–H groups in total. The molecule has 0 unspecified atom stereocenters. The molecule has 1 aliphatic carbocycles. The van der Waals surface area contributed by atoms with Crippen molar-refractivity contribution in [3.05, 3.63) is 65.5 Å². The van der Waals surface area contributed by atoms with Crippen LogP contribution in [0.5, 0.6) is 5.75 Å². The van der Waals surface area contributed by atoms with Crippen molar-refractivity contribution in [2.45, 2.75) is 31.9 Å². The van der Waals surface area contributed by atoms with Gasteiger partial charge in [-0.05, 0) is 61.2 Å². The molecule has 0 heterocycles. The van der Waals surface area contributed by atoms with Crippen molar-refractivity contribution in [3.63, 3.8) is 0 Å². The highest BCUT2D eigenvalue weighted by molar-refractivity contribution is 5.25. The summed E-state index contributed by atoms with van der Waals surface area (Å²) in [7, 11) is 0. The molecule has 1 aliphatic rings. The molecule has 0 saturated heterocycles. The molecular weight excluding hydrogens is 265 g/mol. The van der Waals surface area contributed by atoms with E-state index in [0.29, 0.717) is 12.4 Å². The van der Waals surface area contributed by atoms with E-state index in [1.165, 1.54) is 30.5 Å². The second-order valence-corrected chi connectivity index (χ2v) is 5.54. The van der Waals surface area contributed by atoms with Crippen LogP contribution in [0.3, 0.4) is 0 Å². The lowest BCUT2D eigenvalue weighted by molar-refractivity contribution is 0.305. The summed E-state index contributed by atoms with van der Waals surface area (Å²) in [6, 6.07) is 15.4. The largest absolute Gasteiger partial charge is 0.489 e. The molecule has 0 bridgehead atoms. The Kier molecular flexibility index (Phi) is 4.51. The van der Waals surface area contributed by atoms with E-state index < -0.39 is 0 Å². The molecule has 0 radical (unpaired) electrons. The van der Waals surface area contributed by atoms with E-state index in [4.69, 9.17) is 4.74 Å². The molecule has 0 amide bonds. The summed E-state index contributed by atoms with van der Waals surface area (Å²) >= 11 is 0. The van der Waals surface area contributed by atoms with Crippen LogP contribution in [-0.4, -0.2) is 12.6 Å². The number of hydrogen-bond donors (Lipinski definition) is 1. The van der Waals surface area contributed by atoms with E-state index in [9.17, 15) is 4.39 Å². The van der Waals surface area contributed by atoms with Gasteiger partial charge < -0.3 is 10.1 Å². The van der Waals surface area contributed by atoms with Crippen LogP contribution < -0.4 is 10.1 Å². The molecule has 2 aromatic carbocycles. The zero-order chi connectivity index (χ0) is 14.5. The highest BCUT2D eigenvalue weighted by Gasteiger charge is 2.19. The van der Waals surface area contributed by atoms with Gasteiger partial charge in [-0.15, -0.1) is 0 Å². The fraction of sp³-hybridized carbons (Fsp3) is 0.333. The topological polar surface area (TPSA) is 21.3 Å². The molecule has 3 heteroatoms. The third-order valence-electron chi connectivity index (χ3n) is 3.67. The SMILES string of the molecule is Fc1ccc(OCc2ccc(CCNC3CC3)cc2)cc1. The van der Waals surface area contributed by atoms with Crippen LogP contribution >= 0.6 is 0 Å². The number of ether oxygens (including phenoxy) is 1. The van der Waals surface area contributed by atoms with Crippen molar-refractivity contribution >= 4 is 0 Å². The molecule has 21 heavy (non-hydrogen) atoms. The lowest BCUT2D eigenvalue weighted by atomic mass is 10.1. The Balaban J connectivity index is 1.45. The van der Waals surface area contributed by atoms with Gasteiger partial charge in [0.25, 0.3) is 0 Å². The van der Waals surface area contributed by atoms with Gasteiger partial charge in [-0.3, -0.25) is 0 Å². The predicted octanol–water partition coefficient (Wildman–Crippen LogP) is 3.70. The highest BCUT2D eigenvalue weighted by Crippen LogP contribution is 2.18. The van der Waals surface area contributed by atoms with Crippen LogP contribution in [0.1, 0.15) is 24.0 Å². The first-order valence-corrected chi connectivity index (χ1v) is 7.49. The molecular formula is C18H20FNO. The standard InChI is InChI=1S/C18H20FNO/c19-16-5-9-18(10-6-16)21-13-15-3-1-14(2-4-15)11-12-20-17-7-8-17/h1-6,9-10,17,20H,7-8,11-13H2. The fourth-order valence-electron chi connectivity index (χ4n) is 2.21. The number of halogens is 1. The van der Waals surface area contributed by atoms with Crippen LogP contribution in [0.2, 0.25) is 0 Å². The van der Waals surface area contributed by atoms with E-state index in [1.54, 1.807) is 12.1 Å². The van der Waals surface area contributed by atoms with Gasteiger partial charge in [-0.1, -0.05) is 24.3 Å². The quantitative estimate of drug-likeness (QED) is 0.837. The molecule has 0 aromatic heterocycles. The molecule has 0 atom stereocenters. The number of rotatable bonds is 7. The summed E-state index contributed by atoms with van der Waals surface area (Å²) in [4.78, 5) is 0. The Bertz CT molecular complexity index is 561. The summed E-state index contributed by atoms with van der Waals surface area (Å²) in [5.41, 5.74) is 2.46. The highest BCUT2D eigenvalue weighted by atomic mass is 19.1. The summed E-state index contributed by atoms with van der Waals surface area (Å²) < 4.78 is 18.4. The first kappa shape index (κ1) is 14.1. The Hall–Kier alpha value is -1.87. The maximum atomic E-state index is 12.8. The third-order valence-corrected chi connectivity index (χ3v) is 3.67. The molecule has 1 saturated carbocycles. The smallest absolute Gasteiger partial charge is 0.123 e. The molecule has 2 nitrogen and oxygen atoms in total. The summed E-state index contributed by atoms with van der Waals surface area (Å²) in [5.74, 6) is 0.445. The van der Waals surface area contributed by atoms with Crippen LogP contribution in [-0.2, 0) is 13.0 Å². The lowest BCUT2D eigenvalue weighted by Gasteiger charge is -2.07. The van der Waals surface area contributed by atoms with Gasteiger partial charge >= 0.3 is 0 Å². The van der Waals surface area contributed by atoms with E-state index >= 15 is 0 Å². The van der Waals surface area contributed by atoms with E-state index in [1.807, 2.05) is 0 Å².